The van der Waals surface area contributed by atoms with Crippen molar-refractivity contribution in [1.82, 2.24) is 0 Å². The molecule has 7 nitrogen and oxygen atoms in total. The summed E-state index contributed by atoms with van der Waals surface area (Å²) in [6.45, 7) is 3.79. The maximum Gasteiger partial charge on any atom is 0.246 e. The Kier molecular flexibility index (Phi) is 7.39. The fourth-order valence-electron chi connectivity index (χ4n) is 8.86. The van der Waals surface area contributed by atoms with Crippen molar-refractivity contribution in [1.29, 1.82) is 0 Å². The molecule has 2 aliphatic carbocycles. The molecular formula is C40H30Cl2N2O5. The Bertz CT molecular complexity index is 2110. The number of phenols is 1. The van der Waals surface area contributed by atoms with Crippen LogP contribution in [0.4, 0.5) is 11.4 Å². The van der Waals surface area contributed by atoms with Gasteiger partial charge in [-0.05, 0) is 78.4 Å². The molecule has 0 spiro atoms. The van der Waals surface area contributed by atoms with Crippen LogP contribution in [0, 0.1) is 23.7 Å². The summed E-state index contributed by atoms with van der Waals surface area (Å²) in [5.74, 6) is -5.45. The second-order valence-corrected chi connectivity index (χ2v) is 14.0. The number of hydrogen-bond acceptors (Lipinski definition) is 5. The number of nitrogens with zero attached hydrogens (tertiary/aromatic N) is 2. The van der Waals surface area contributed by atoms with E-state index in [2.05, 4.69) is 6.58 Å². The van der Waals surface area contributed by atoms with Crippen LogP contribution in [0.15, 0.2) is 115 Å². The van der Waals surface area contributed by atoms with Gasteiger partial charge in [-0.2, -0.15) is 0 Å². The van der Waals surface area contributed by atoms with Gasteiger partial charge in [-0.1, -0.05) is 96.0 Å². The number of phenolic OH excluding ortho intramolecular Hbond substituents is 1. The fraction of sp³-hybridized carbons (Fsp3) is 0.200. The molecule has 8 rings (SSSR count). The zero-order valence-corrected chi connectivity index (χ0v) is 27.6. The van der Waals surface area contributed by atoms with Crippen molar-refractivity contribution >= 4 is 64.3 Å². The van der Waals surface area contributed by atoms with Crippen LogP contribution in [-0.2, 0) is 24.6 Å². The van der Waals surface area contributed by atoms with Crippen LogP contribution in [-0.4, -0.2) is 28.7 Å². The number of carbonyl (C=O) groups excluding carboxylic acids is 4. The zero-order chi connectivity index (χ0) is 34.2. The molecule has 3 fully saturated rings. The average molecular weight is 690 g/mol. The van der Waals surface area contributed by atoms with Crippen molar-refractivity contribution in [2.45, 2.75) is 24.2 Å². The molecule has 0 bridgehead atoms. The Morgan fingerprint density at radius 2 is 1.49 bits per heavy atom. The lowest BCUT2D eigenvalue weighted by atomic mass is 9.49. The van der Waals surface area contributed by atoms with Gasteiger partial charge < -0.3 is 5.11 Å². The highest BCUT2D eigenvalue weighted by Crippen LogP contribution is 2.65. The number of fused-ring (bicyclic) bond motifs is 4. The van der Waals surface area contributed by atoms with E-state index < -0.39 is 46.8 Å². The maximum absolute atomic E-state index is 15.3. The first-order valence-electron chi connectivity index (χ1n) is 16.1. The summed E-state index contributed by atoms with van der Waals surface area (Å²) in [7, 11) is 0. The Labute approximate surface area is 293 Å². The lowest BCUT2D eigenvalue weighted by Crippen LogP contribution is -2.53. The van der Waals surface area contributed by atoms with Gasteiger partial charge in [0.2, 0.25) is 23.6 Å². The Morgan fingerprint density at radius 1 is 0.755 bits per heavy atom. The van der Waals surface area contributed by atoms with Crippen LogP contribution in [0.25, 0.3) is 6.08 Å². The van der Waals surface area contributed by atoms with Crippen molar-refractivity contribution in [2.75, 3.05) is 9.80 Å². The number of imide groups is 2. The van der Waals surface area contributed by atoms with Gasteiger partial charge in [0.05, 0.1) is 34.5 Å². The minimum atomic E-state index is -1.51. The second-order valence-electron chi connectivity index (χ2n) is 13.1. The maximum atomic E-state index is 15.3. The molecule has 9 heteroatoms. The number of halogens is 2. The molecule has 6 atom stereocenters. The lowest BCUT2D eigenvalue weighted by Gasteiger charge is -2.50. The number of anilines is 2. The standard InChI is InChI=1S/C40H30Cl2N2O5/c1-2-22-11-14-26(15-12-22)43-36(46)29-17-16-28-30(34(29)38(43)48)21-32-37(47)44(27-10-6-9-24(41)19-27)39(49)40(32,23-7-4-3-5-8-23)35(28)31-20-25(42)13-18-33(31)45/h2-16,18-20,29-30,32,34-35,45H,1,17,21H2/t29-,30+,32-,34-,35+,40+/m0/s1. The molecule has 0 radical (unpaired) electrons. The highest BCUT2D eigenvalue weighted by Gasteiger charge is 2.70. The molecule has 4 aliphatic rings. The molecule has 4 aromatic rings. The minimum absolute atomic E-state index is 0.0913. The first-order valence-corrected chi connectivity index (χ1v) is 16.9. The number of amides is 4. The number of allylic oxidation sites excluding steroid dienone is 2. The van der Waals surface area contributed by atoms with Crippen LogP contribution < -0.4 is 9.80 Å². The number of aromatic hydroxyl groups is 1. The lowest BCUT2D eigenvalue weighted by molar-refractivity contribution is -0.127. The molecule has 2 aliphatic heterocycles. The Hall–Kier alpha value is -4.98. The zero-order valence-electron chi connectivity index (χ0n) is 26.1. The van der Waals surface area contributed by atoms with E-state index in [-0.39, 0.29) is 30.4 Å². The van der Waals surface area contributed by atoms with Crippen LogP contribution in [0.2, 0.25) is 10.0 Å². The molecule has 2 heterocycles. The van der Waals surface area contributed by atoms with Gasteiger partial charge in [0.15, 0.2) is 0 Å². The van der Waals surface area contributed by atoms with E-state index in [1.165, 1.54) is 15.9 Å². The SMILES string of the molecule is C=Cc1ccc(N2C(=O)[C@H]3[C@H](CC=C4[C@H]3C[C@H]3C(=O)N(c5cccc(Cl)c5)C(=O)[C@@]3(c3ccccc3)[C@H]4c3cc(Cl)ccc3O)C2=O)cc1. The predicted molar refractivity (Wildman–Crippen MR) is 188 cm³/mol. The van der Waals surface area contributed by atoms with Gasteiger partial charge in [0.1, 0.15) is 5.75 Å². The highest BCUT2D eigenvalue weighted by atomic mass is 35.5. The molecule has 0 unspecified atom stereocenters. The van der Waals surface area contributed by atoms with Crippen molar-refractivity contribution in [3.8, 4) is 5.75 Å². The topological polar surface area (TPSA) is 95.0 Å². The largest absolute Gasteiger partial charge is 0.508 e. The molecular weight excluding hydrogens is 659 g/mol. The highest BCUT2D eigenvalue weighted by molar-refractivity contribution is 6.32. The number of carbonyl (C=O) groups is 4. The number of benzene rings is 4. The van der Waals surface area contributed by atoms with Crippen LogP contribution in [0.1, 0.15) is 35.4 Å². The third-order valence-electron chi connectivity index (χ3n) is 10.9. The first-order chi connectivity index (χ1) is 23.7. The van der Waals surface area contributed by atoms with Crippen LogP contribution >= 0.6 is 23.2 Å². The van der Waals surface area contributed by atoms with Gasteiger partial charge >= 0.3 is 0 Å². The van der Waals surface area contributed by atoms with E-state index in [4.69, 9.17) is 23.2 Å². The van der Waals surface area contributed by atoms with E-state index in [1.54, 1.807) is 66.7 Å². The summed E-state index contributed by atoms with van der Waals surface area (Å²) in [6.07, 6.45) is 4.04. The van der Waals surface area contributed by atoms with Gasteiger partial charge in [-0.15, -0.1) is 0 Å². The van der Waals surface area contributed by atoms with E-state index in [1.807, 2.05) is 36.4 Å². The molecule has 1 N–H and O–H groups in total. The molecule has 49 heavy (non-hydrogen) atoms. The normalized spacial score (nSPS) is 27.5. The Balaban J connectivity index is 1.35. The summed E-state index contributed by atoms with van der Waals surface area (Å²) in [4.78, 5) is 60.9. The van der Waals surface area contributed by atoms with Crippen LogP contribution in [0.3, 0.4) is 0 Å². The van der Waals surface area contributed by atoms with Gasteiger partial charge in [-0.25, -0.2) is 4.90 Å². The third-order valence-corrected chi connectivity index (χ3v) is 11.3. The molecule has 4 aromatic carbocycles. The molecule has 1 saturated carbocycles. The number of rotatable bonds is 5. The van der Waals surface area contributed by atoms with Crippen molar-refractivity contribution in [3.63, 3.8) is 0 Å². The third kappa shape index (κ3) is 4.49. The molecule has 0 aromatic heterocycles. The fourth-order valence-corrected chi connectivity index (χ4v) is 9.22. The number of hydrogen-bond donors (Lipinski definition) is 1. The summed E-state index contributed by atoms with van der Waals surface area (Å²) in [5, 5.41) is 12.2. The molecule has 4 amide bonds. The van der Waals surface area contributed by atoms with Gasteiger partial charge in [0.25, 0.3) is 0 Å². The van der Waals surface area contributed by atoms with Crippen LogP contribution in [0.5, 0.6) is 5.75 Å². The smallest absolute Gasteiger partial charge is 0.246 e. The summed E-state index contributed by atoms with van der Waals surface area (Å²) in [6, 6.07) is 27.5. The van der Waals surface area contributed by atoms with E-state index in [0.29, 0.717) is 32.5 Å². The van der Waals surface area contributed by atoms with E-state index in [9.17, 15) is 19.5 Å². The van der Waals surface area contributed by atoms with E-state index >= 15 is 4.79 Å². The van der Waals surface area contributed by atoms with E-state index in [0.717, 1.165) is 11.1 Å². The van der Waals surface area contributed by atoms with Gasteiger partial charge in [0, 0.05) is 21.5 Å². The predicted octanol–water partition coefficient (Wildman–Crippen LogP) is 7.71. The quantitative estimate of drug-likeness (QED) is 0.171. The summed E-state index contributed by atoms with van der Waals surface area (Å²) >= 11 is 12.9. The summed E-state index contributed by atoms with van der Waals surface area (Å²) in [5.41, 5.74) is 1.85. The van der Waals surface area contributed by atoms with Crippen molar-refractivity contribution < 1.29 is 24.3 Å². The van der Waals surface area contributed by atoms with Gasteiger partial charge in [-0.3, -0.25) is 24.1 Å². The minimum Gasteiger partial charge on any atom is -0.508 e. The molecule has 244 valence electrons. The monoisotopic (exact) mass is 688 g/mol. The average Bonchev–Trinajstić information content (AvgIpc) is 3.50. The van der Waals surface area contributed by atoms with Crippen molar-refractivity contribution in [3.05, 3.63) is 142 Å². The first kappa shape index (κ1) is 31.3. The Morgan fingerprint density at radius 3 is 2.20 bits per heavy atom. The summed E-state index contributed by atoms with van der Waals surface area (Å²) < 4.78 is 0. The molecule has 2 saturated heterocycles. The second kappa shape index (κ2) is 11.6. The van der Waals surface area contributed by atoms with Crippen molar-refractivity contribution in [2.24, 2.45) is 23.7 Å².